The van der Waals surface area contributed by atoms with Gasteiger partial charge >= 0.3 is 23.6 Å². The quantitative estimate of drug-likeness (QED) is 0.162. The van der Waals surface area contributed by atoms with Crippen LogP contribution in [0.3, 0.4) is 0 Å². The van der Waals surface area contributed by atoms with Gasteiger partial charge in [-0.3, -0.25) is 18.7 Å². The lowest BCUT2D eigenvalue weighted by atomic mass is 9.91. The minimum atomic E-state index is -0.991. The van der Waals surface area contributed by atoms with Crippen molar-refractivity contribution in [2.45, 2.75) is 110 Å². The number of nitrogens with zero attached hydrogens (tertiary/aromatic N) is 3. The molecule has 0 bridgehead atoms. The summed E-state index contributed by atoms with van der Waals surface area (Å²) in [5, 5.41) is 0. The number of carbonyl (C=O) groups excluding carboxylic acids is 3. The topological polar surface area (TPSA) is 109 Å². The Morgan fingerprint density at radius 3 is 2.15 bits per heavy atom. The molecule has 1 fully saturated rings. The van der Waals surface area contributed by atoms with Crippen molar-refractivity contribution in [2.24, 2.45) is 13.0 Å². The maximum absolute atomic E-state index is 13.6. The maximum Gasteiger partial charge on any atom is 0.329 e. The summed E-state index contributed by atoms with van der Waals surface area (Å²) in [6.45, 7) is 12.8. The van der Waals surface area contributed by atoms with Crippen LogP contribution in [-0.2, 0) is 42.2 Å². The molecule has 1 unspecified atom stereocenters. The molecule has 0 saturated carbocycles. The maximum atomic E-state index is 13.6. The number of hydrogen-bond acceptors (Lipinski definition) is 8. The molecule has 0 N–H and O–H groups in total. The van der Waals surface area contributed by atoms with E-state index in [0.717, 1.165) is 50.0 Å². The van der Waals surface area contributed by atoms with Crippen molar-refractivity contribution in [3.8, 4) is 0 Å². The fraction of sp³-hybridized carbons (Fsp3) is 0.568. The van der Waals surface area contributed by atoms with E-state index in [2.05, 4.69) is 4.90 Å². The second kappa shape index (κ2) is 15.2. The zero-order valence-corrected chi connectivity index (χ0v) is 29.0. The number of carbonyl (C=O) groups is 3. The number of imidazole rings is 1. The summed E-state index contributed by atoms with van der Waals surface area (Å²) in [7, 11) is 1.70. The average molecular weight is 650 g/mol. The van der Waals surface area contributed by atoms with Crippen molar-refractivity contribution in [1.29, 1.82) is 0 Å². The second-order valence-electron chi connectivity index (χ2n) is 14.5. The van der Waals surface area contributed by atoms with Gasteiger partial charge in [-0.05, 0) is 103 Å². The number of aromatic nitrogens is 2. The van der Waals surface area contributed by atoms with Gasteiger partial charge in [0.25, 0.3) is 0 Å². The molecule has 1 atom stereocenters. The molecule has 0 aliphatic carbocycles. The Morgan fingerprint density at radius 1 is 0.851 bits per heavy atom. The van der Waals surface area contributed by atoms with Gasteiger partial charge in [-0.15, -0.1) is 0 Å². The van der Waals surface area contributed by atoms with Crippen molar-refractivity contribution in [3.63, 3.8) is 0 Å². The Morgan fingerprint density at radius 2 is 1.51 bits per heavy atom. The number of hydrogen-bond donors (Lipinski definition) is 0. The molecule has 0 amide bonds. The first-order valence-corrected chi connectivity index (χ1v) is 16.7. The summed E-state index contributed by atoms with van der Waals surface area (Å²) in [4.78, 5) is 54.2. The molecule has 1 aliphatic rings. The van der Waals surface area contributed by atoms with Crippen molar-refractivity contribution in [2.75, 3.05) is 18.0 Å². The van der Waals surface area contributed by atoms with Gasteiger partial charge < -0.3 is 19.1 Å². The van der Waals surface area contributed by atoms with Crippen LogP contribution in [0, 0.1) is 5.92 Å². The Hall–Kier alpha value is -4.08. The summed E-state index contributed by atoms with van der Waals surface area (Å²) >= 11 is 0. The fourth-order valence-electron chi connectivity index (χ4n) is 6.04. The van der Waals surface area contributed by atoms with Crippen LogP contribution in [0.4, 0.5) is 5.69 Å². The fourth-order valence-corrected chi connectivity index (χ4v) is 6.04. The van der Waals surface area contributed by atoms with E-state index in [1.165, 1.54) is 4.57 Å². The highest BCUT2D eigenvalue weighted by Crippen LogP contribution is 2.31. The van der Waals surface area contributed by atoms with Gasteiger partial charge in [0, 0.05) is 38.7 Å². The molecular formula is C37H51N3O7. The van der Waals surface area contributed by atoms with E-state index < -0.39 is 29.2 Å². The van der Waals surface area contributed by atoms with E-state index in [0.29, 0.717) is 30.0 Å². The highest BCUT2D eigenvalue weighted by atomic mass is 16.6. The van der Waals surface area contributed by atoms with Crippen LogP contribution in [0.1, 0.15) is 98.1 Å². The summed E-state index contributed by atoms with van der Waals surface area (Å²) in [5.74, 6) is -0.614. The van der Waals surface area contributed by atoms with E-state index >= 15 is 0 Å². The number of piperidine rings is 1. The molecule has 10 nitrogen and oxygen atoms in total. The van der Waals surface area contributed by atoms with Crippen molar-refractivity contribution >= 4 is 34.6 Å². The first-order valence-electron chi connectivity index (χ1n) is 16.7. The Balaban J connectivity index is 1.40. The molecule has 10 heteroatoms. The monoisotopic (exact) mass is 649 g/mol. The predicted molar refractivity (Wildman–Crippen MR) is 182 cm³/mol. The minimum Gasteiger partial charge on any atom is -0.461 e. The predicted octanol–water partition coefficient (Wildman–Crippen LogP) is 6.47. The number of rotatable bonds is 12. The van der Waals surface area contributed by atoms with Crippen LogP contribution >= 0.6 is 0 Å². The van der Waals surface area contributed by atoms with Crippen molar-refractivity contribution < 1.29 is 28.6 Å². The van der Waals surface area contributed by atoms with Crippen molar-refractivity contribution in [1.82, 2.24) is 9.13 Å². The van der Waals surface area contributed by atoms with E-state index in [9.17, 15) is 19.2 Å². The summed E-state index contributed by atoms with van der Waals surface area (Å²) < 4.78 is 19.6. The van der Waals surface area contributed by atoms with Gasteiger partial charge in [0.15, 0.2) is 0 Å². The van der Waals surface area contributed by atoms with Crippen LogP contribution in [0.15, 0.2) is 53.3 Å². The van der Waals surface area contributed by atoms with Gasteiger partial charge in [0.1, 0.15) is 23.9 Å². The first-order chi connectivity index (χ1) is 22.1. The highest BCUT2D eigenvalue weighted by molar-refractivity contribution is 5.84. The smallest absolute Gasteiger partial charge is 0.329 e. The van der Waals surface area contributed by atoms with Crippen LogP contribution < -0.4 is 10.6 Å². The molecule has 3 aromatic rings. The van der Waals surface area contributed by atoms with E-state index in [1.807, 2.05) is 48.5 Å². The van der Waals surface area contributed by atoms with E-state index in [-0.39, 0.29) is 24.5 Å². The average Bonchev–Trinajstić information content (AvgIpc) is 3.24. The summed E-state index contributed by atoms with van der Waals surface area (Å²) in [5.41, 5.74) is 1.54. The zero-order valence-electron chi connectivity index (χ0n) is 29.0. The molecule has 0 spiro atoms. The SMILES string of the molecule is Cn1c(=O)n(C(CCC(=O)OC(C)(C)C)C(=O)OC(C)(C)C)c2ccc(N3CCC(CCCC(=O)OCc4ccccc4)CC3)cc21. The molecule has 2 aromatic carbocycles. The molecule has 0 radical (unpaired) electrons. The Bertz CT molecular complexity index is 1590. The molecule has 47 heavy (non-hydrogen) atoms. The van der Waals surface area contributed by atoms with E-state index in [4.69, 9.17) is 14.2 Å². The van der Waals surface area contributed by atoms with E-state index in [1.54, 1.807) is 53.2 Å². The van der Waals surface area contributed by atoms with Crippen LogP contribution in [0.25, 0.3) is 11.0 Å². The lowest BCUT2D eigenvalue weighted by Gasteiger charge is -2.33. The van der Waals surface area contributed by atoms with Crippen LogP contribution in [-0.4, -0.2) is 51.3 Å². The van der Waals surface area contributed by atoms with Crippen LogP contribution in [0.2, 0.25) is 0 Å². The largest absolute Gasteiger partial charge is 0.461 e. The van der Waals surface area contributed by atoms with Crippen LogP contribution in [0.5, 0.6) is 0 Å². The van der Waals surface area contributed by atoms with Gasteiger partial charge in [-0.1, -0.05) is 30.3 Å². The normalized spacial score (nSPS) is 15.0. The zero-order chi connectivity index (χ0) is 34.4. The number of aryl methyl sites for hydroxylation is 1. The number of benzene rings is 2. The number of esters is 3. The molecule has 256 valence electrons. The second-order valence-corrected chi connectivity index (χ2v) is 14.5. The molecule has 1 saturated heterocycles. The Labute approximate surface area is 278 Å². The van der Waals surface area contributed by atoms with Crippen molar-refractivity contribution in [3.05, 3.63) is 64.6 Å². The number of anilines is 1. The number of ether oxygens (including phenoxy) is 3. The molecule has 1 aromatic heterocycles. The molecule has 4 rings (SSSR count). The third kappa shape index (κ3) is 10.2. The van der Waals surface area contributed by atoms with Gasteiger partial charge in [-0.2, -0.15) is 0 Å². The molecule has 2 heterocycles. The third-order valence-corrected chi connectivity index (χ3v) is 8.32. The summed E-state index contributed by atoms with van der Waals surface area (Å²) in [6, 6.07) is 14.6. The minimum absolute atomic E-state index is 0.0358. The Kier molecular flexibility index (Phi) is 11.6. The lowest BCUT2D eigenvalue weighted by molar-refractivity contribution is -0.160. The standard InChI is InChI=1S/C37H51N3O7/c1-36(2,3)46-33(42)19-18-30(34(43)47-37(4,5)6)40-29-17-16-28(24-31(29)38(7)35(40)44)39-22-20-26(21-23-39)14-11-15-32(41)45-25-27-12-9-8-10-13-27/h8-10,12-13,16-17,24,26,30H,11,14-15,18-23,25H2,1-7H3. The first kappa shape index (κ1) is 35.8. The lowest BCUT2D eigenvalue weighted by Crippen LogP contribution is -2.36. The van der Waals surface area contributed by atoms with Gasteiger partial charge in [-0.25, -0.2) is 9.59 Å². The third-order valence-electron chi connectivity index (χ3n) is 8.32. The highest BCUT2D eigenvalue weighted by Gasteiger charge is 2.32. The summed E-state index contributed by atoms with van der Waals surface area (Å²) in [6.07, 6.45) is 4.29. The molecular weight excluding hydrogens is 598 g/mol. The van der Waals surface area contributed by atoms with Gasteiger partial charge in [0.2, 0.25) is 0 Å². The molecule has 1 aliphatic heterocycles. The van der Waals surface area contributed by atoms with Gasteiger partial charge in [0.05, 0.1) is 11.0 Å². The number of fused-ring (bicyclic) bond motifs is 1.